The third-order valence-electron chi connectivity index (χ3n) is 2.14. The smallest absolute Gasteiger partial charge is 0.304 e. The van der Waals surface area contributed by atoms with Gasteiger partial charge in [0.2, 0.25) is 0 Å². The highest BCUT2D eigenvalue weighted by Gasteiger charge is 2.09. The summed E-state index contributed by atoms with van der Waals surface area (Å²) >= 11 is 0. The Morgan fingerprint density at radius 3 is 2.82 bits per heavy atom. The van der Waals surface area contributed by atoms with Crippen molar-refractivity contribution in [3.05, 3.63) is 29.8 Å². The second kappa shape index (κ2) is 5.86. The third kappa shape index (κ3) is 4.98. The second-order valence-electron chi connectivity index (χ2n) is 3.80. The highest BCUT2D eigenvalue weighted by atomic mass is 16.4. The Kier molecular flexibility index (Phi) is 4.47. The van der Waals surface area contributed by atoms with Gasteiger partial charge < -0.3 is 21.9 Å². The van der Waals surface area contributed by atoms with Gasteiger partial charge in [0.15, 0.2) is 5.96 Å². The van der Waals surface area contributed by atoms with Gasteiger partial charge in [0.25, 0.3) is 0 Å². The summed E-state index contributed by atoms with van der Waals surface area (Å²) in [6, 6.07) is 6.80. The minimum atomic E-state index is -0.907. The molecule has 17 heavy (non-hydrogen) atoms. The highest BCUT2D eigenvalue weighted by Crippen LogP contribution is 2.12. The van der Waals surface area contributed by atoms with Crippen LogP contribution in [0.2, 0.25) is 0 Å². The molecular weight excluding hydrogens is 220 g/mol. The van der Waals surface area contributed by atoms with Crippen molar-refractivity contribution >= 4 is 17.6 Å². The average Bonchev–Trinajstić information content (AvgIpc) is 2.14. The summed E-state index contributed by atoms with van der Waals surface area (Å²) in [4.78, 5) is 10.5. The maximum absolute atomic E-state index is 10.5. The Morgan fingerprint density at radius 1 is 1.53 bits per heavy atom. The summed E-state index contributed by atoms with van der Waals surface area (Å²) in [5.41, 5.74) is 12.5. The average molecular weight is 236 g/mol. The summed E-state index contributed by atoms with van der Waals surface area (Å²) < 4.78 is 0. The summed E-state index contributed by atoms with van der Waals surface area (Å²) in [5, 5.41) is 18.4. The van der Waals surface area contributed by atoms with Crippen molar-refractivity contribution < 1.29 is 9.90 Å². The number of aliphatic carboxylic acids is 1. The van der Waals surface area contributed by atoms with Crippen LogP contribution in [0.5, 0.6) is 0 Å². The standard InChI is InChI=1S/C11H16N4O2/c12-8(6-10(16)17)4-7-2-1-3-9(5-7)15-11(13)14/h1-3,5,8H,4,6,12H2,(H,16,17)(H4,13,14,15). The minimum Gasteiger partial charge on any atom is -0.481 e. The zero-order valence-electron chi connectivity index (χ0n) is 9.31. The Morgan fingerprint density at radius 2 is 2.24 bits per heavy atom. The SMILES string of the molecule is N=C(N)Nc1cccc(CC(N)CC(=O)O)c1. The lowest BCUT2D eigenvalue weighted by molar-refractivity contribution is -0.137. The molecular formula is C11H16N4O2. The lowest BCUT2D eigenvalue weighted by Gasteiger charge is -2.10. The van der Waals surface area contributed by atoms with Gasteiger partial charge in [0, 0.05) is 11.7 Å². The van der Waals surface area contributed by atoms with Gasteiger partial charge in [-0.3, -0.25) is 10.2 Å². The molecule has 0 radical (unpaired) electrons. The number of anilines is 1. The van der Waals surface area contributed by atoms with E-state index in [2.05, 4.69) is 5.32 Å². The van der Waals surface area contributed by atoms with E-state index in [9.17, 15) is 4.79 Å². The van der Waals surface area contributed by atoms with E-state index in [1.54, 1.807) is 18.2 Å². The molecule has 0 amide bonds. The second-order valence-corrected chi connectivity index (χ2v) is 3.80. The number of benzene rings is 1. The molecule has 0 spiro atoms. The summed E-state index contributed by atoms with van der Waals surface area (Å²) in [7, 11) is 0. The van der Waals surface area contributed by atoms with Gasteiger partial charge in [-0.15, -0.1) is 0 Å². The molecule has 6 nitrogen and oxygen atoms in total. The number of hydrogen-bond acceptors (Lipinski definition) is 3. The summed E-state index contributed by atoms with van der Waals surface area (Å²) in [6.45, 7) is 0. The lowest BCUT2D eigenvalue weighted by atomic mass is 10.0. The molecule has 0 aliphatic carbocycles. The summed E-state index contributed by atoms with van der Waals surface area (Å²) in [6.07, 6.45) is 0.407. The van der Waals surface area contributed by atoms with E-state index in [1.807, 2.05) is 6.07 Å². The molecule has 1 unspecified atom stereocenters. The Hall–Kier alpha value is -2.08. The molecule has 0 heterocycles. The largest absolute Gasteiger partial charge is 0.481 e. The molecule has 1 rings (SSSR count). The van der Waals surface area contributed by atoms with Crippen LogP contribution in [0, 0.1) is 5.41 Å². The molecule has 1 aromatic carbocycles. The van der Waals surface area contributed by atoms with E-state index in [-0.39, 0.29) is 12.4 Å². The fourth-order valence-electron chi connectivity index (χ4n) is 1.53. The highest BCUT2D eigenvalue weighted by molar-refractivity contribution is 5.89. The molecule has 1 atom stereocenters. The predicted molar refractivity (Wildman–Crippen MR) is 65.9 cm³/mol. The number of guanidine groups is 1. The molecule has 0 aliphatic heterocycles. The van der Waals surface area contributed by atoms with E-state index in [1.165, 1.54) is 0 Å². The zero-order valence-corrected chi connectivity index (χ0v) is 9.31. The number of nitrogens with two attached hydrogens (primary N) is 2. The van der Waals surface area contributed by atoms with Crippen LogP contribution in [-0.2, 0) is 11.2 Å². The maximum Gasteiger partial charge on any atom is 0.304 e. The molecule has 0 aromatic heterocycles. The number of carbonyl (C=O) groups is 1. The minimum absolute atomic E-state index is 0.0651. The normalized spacial score (nSPS) is 11.8. The first kappa shape index (κ1) is 13.0. The van der Waals surface area contributed by atoms with Crippen LogP contribution in [0.15, 0.2) is 24.3 Å². The first-order valence-corrected chi connectivity index (χ1v) is 5.14. The summed E-state index contributed by atoms with van der Waals surface area (Å²) in [5.74, 6) is -1.05. The Balaban J connectivity index is 2.65. The van der Waals surface area contributed by atoms with Crippen molar-refractivity contribution in [2.45, 2.75) is 18.9 Å². The molecule has 6 heteroatoms. The van der Waals surface area contributed by atoms with Gasteiger partial charge in [-0.1, -0.05) is 12.1 Å². The molecule has 0 fully saturated rings. The predicted octanol–water partition coefficient (Wildman–Crippen LogP) is 0.336. The van der Waals surface area contributed by atoms with Gasteiger partial charge in [-0.25, -0.2) is 0 Å². The Bertz CT molecular complexity index is 420. The Labute approximate surface area is 99.1 Å². The third-order valence-corrected chi connectivity index (χ3v) is 2.14. The number of nitrogens with one attached hydrogen (secondary N) is 2. The van der Waals surface area contributed by atoms with Gasteiger partial charge in [-0.2, -0.15) is 0 Å². The maximum atomic E-state index is 10.5. The van der Waals surface area contributed by atoms with E-state index >= 15 is 0 Å². The lowest BCUT2D eigenvalue weighted by Crippen LogP contribution is -2.26. The van der Waals surface area contributed by atoms with Crippen molar-refractivity contribution in [1.82, 2.24) is 0 Å². The van der Waals surface area contributed by atoms with Crippen LogP contribution in [0.25, 0.3) is 0 Å². The number of carboxylic acids is 1. The van der Waals surface area contributed by atoms with E-state index in [4.69, 9.17) is 22.0 Å². The van der Waals surface area contributed by atoms with E-state index in [0.29, 0.717) is 12.1 Å². The molecule has 0 bridgehead atoms. The molecule has 0 aliphatic rings. The first-order valence-electron chi connectivity index (χ1n) is 5.14. The molecule has 92 valence electrons. The van der Waals surface area contributed by atoms with Crippen molar-refractivity contribution in [1.29, 1.82) is 5.41 Å². The van der Waals surface area contributed by atoms with Crippen molar-refractivity contribution in [3.63, 3.8) is 0 Å². The van der Waals surface area contributed by atoms with Crippen LogP contribution in [0.4, 0.5) is 5.69 Å². The van der Waals surface area contributed by atoms with Gasteiger partial charge in [0.1, 0.15) is 0 Å². The van der Waals surface area contributed by atoms with E-state index in [0.717, 1.165) is 5.56 Å². The van der Waals surface area contributed by atoms with E-state index < -0.39 is 12.0 Å². The van der Waals surface area contributed by atoms with Crippen molar-refractivity contribution in [3.8, 4) is 0 Å². The van der Waals surface area contributed by atoms with Crippen molar-refractivity contribution in [2.75, 3.05) is 5.32 Å². The number of hydrogen-bond donors (Lipinski definition) is 5. The quantitative estimate of drug-likeness (QED) is 0.372. The first-order chi connectivity index (χ1) is 7.97. The monoisotopic (exact) mass is 236 g/mol. The number of rotatable bonds is 5. The molecule has 0 saturated carbocycles. The van der Waals surface area contributed by atoms with Crippen LogP contribution in [0.1, 0.15) is 12.0 Å². The van der Waals surface area contributed by atoms with Crippen LogP contribution >= 0.6 is 0 Å². The van der Waals surface area contributed by atoms with Crippen LogP contribution < -0.4 is 16.8 Å². The van der Waals surface area contributed by atoms with Crippen LogP contribution in [0.3, 0.4) is 0 Å². The topological polar surface area (TPSA) is 125 Å². The molecule has 1 aromatic rings. The number of carboxylic acid groups (broad SMARTS) is 1. The van der Waals surface area contributed by atoms with Gasteiger partial charge in [-0.05, 0) is 24.1 Å². The molecule has 7 N–H and O–H groups in total. The van der Waals surface area contributed by atoms with Crippen LogP contribution in [-0.4, -0.2) is 23.1 Å². The molecule has 0 saturated heterocycles. The van der Waals surface area contributed by atoms with Gasteiger partial charge >= 0.3 is 5.97 Å². The van der Waals surface area contributed by atoms with Crippen molar-refractivity contribution in [2.24, 2.45) is 11.5 Å². The fourth-order valence-corrected chi connectivity index (χ4v) is 1.53. The van der Waals surface area contributed by atoms with Gasteiger partial charge in [0.05, 0.1) is 6.42 Å². The fraction of sp³-hybridized carbons (Fsp3) is 0.273. The zero-order chi connectivity index (χ0) is 12.8.